The van der Waals surface area contributed by atoms with E-state index >= 15 is 0 Å². The van der Waals surface area contributed by atoms with Gasteiger partial charge < -0.3 is 10.0 Å². The smallest absolute Gasteiger partial charge is 0.303 e. The Bertz CT molecular complexity index is 582. The third kappa shape index (κ3) is 3.93. The van der Waals surface area contributed by atoms with Crippen LogP contribution >= 0.6 is 0 Å². The highest BCUT2D eigenvalue weighted by atomic mass is 16.4. The number of carboxylic acid groups (broad SMARTS) is 1. The Labute approximate surface area is 129 Å². The van der Waals surface area contributed by atoms with E-state index in [9.17, 15) is 14.4 Å². The van der Waals surface area contributed by atoms with Crippen molar-refractivity contribution in [2.24, 2.45) is 0 Å². The van der Waals surface area contributed by atoms with E-state index in [1.807, 2.05) is 0 Å². The van der Waals surface area contributed by atoms with Crippen LogP contribution in [0.15, 0.2) is 24.3 Å². The van der Waals surface area contributed by atoms with Crippen LogP contribution in [0.3, 0.4) is 0 Å². The molecule has 0 unspecified atom stereocenters. The summed E-state index contributed by atoms with van der Waals surface area (Å²) >= 11 is 0. The monoisotopic (exact) mass is 303 g/mol. The van der Waals surface area contributed by atoms with Crippen LogP contribution < -0.4 is 0 Å². The molecule has 0 spiro atoms. The second kappa shape index (κ2) is 7.20. The van der Waals surface area contributed by atoms with Crippen molar-refractivity contribution in [1.29, 1.82) is 0 Å². The maximum atomic E-state index is 12.7. The fraction of sp³-hybridized carbons (Fsp3) is 0.471. The van der Waals surface area contributed by atoms with E-state index < -0.39 is 5.97 Å². The number of hydrogen-bond donors (Lipinski definition) is 1. The molecular formula is C17H21NO4. The van der Waals surface area contributed by atoms with Gasteiger partial charge in [0.1, 0.15) is 0 Å². The van der Waals surface area contributed by atoms with Gasteiger partial charge in [-0.2, -0.15) is 0 Å². The number of rotatable bonds is 5. The first-order valence-corrected chi connectivity index (χ1v) is 7.63. The van der Waals surface area contributed by atoms with Crippen molar-refractivity contribution in [1.82, 2.24) is 4.90 Å². The lowest BCUT2D eigenvalue weighted by atomic mass is 9.96. The number of aliphatic carboxylic acids is 1. The second-order valence-electron chi connectivity index (χ2n) is 5.72. The number of carboxylic acids is 1. The zero-order valence-electron chi connectivity index (χ0n) is 12.7. The van der Waals surface area contributed by atoms with E-state index in [1.54, 1.807) is 29.2 Å². The first-order valence-electron chi connectivity index (χ1n) is 7.63. The molecule has 1 aromatic carbocycles. The highest BCUT2D eigenvalue weighted by molar-refractivity contribution is 5.99. The van der Waals surface area contributed by atoms with Crippen LogP contribution in [-0.4, -0.2) is 40.3 Å². The topological polar surface area (TPSA) is 74.7 Å². The van der Waals surface area contributed by atoms with Gasteiger partial charge in [-0.3, -0.25) is 14.4 Å². The van der Waals surface area contributed by atoms with Crippen molar-refractivity contribution in [3.63, 3.8) is 0 Å². The molecule has 1 aliphatic heterocycles. The Balaban J connectivity index is 2.16. The number of ketones is 1. The molecule has 0 aliphatic carbocycles. The van der Waals surface area contributed by atoms with Gasteiger partial charge in [-0.25, -0.2) is 0 Å². The number of benzene rings is 1. The summed E-state index contributed by atoms with van der Waals surface area (Å²) in [6, 6.07) is 6.70. The molecule has 1 fully saturated rings. The summed E-state index contributed by atoms with van der Waals surface area (Å²) in [5, 5.41) is 8.84. The zero-order valence-corrected chi connectivity index (χ0v) is 12.7. The Morgan fingerprint density at radius 3 is 2.64 bits per heavy atom. The number of amides is 1. The second-order valence-corrected chi connectivity index (χ2v) is 5.72. The van der Waals surface area contributed by atoms with E-state index in [1.165, 1.54) is 6.92 Å². The molecule has 5 heteroatoms. The molecule has 5 nitrogen and oxygen atoms in total. The fourth-order valence-electron chi connectivity index (χ4n) is 2.90. The molecule has 2 rings (SSSR count). The summed E-state index contributed by atoms with van der Waals surface area (Å²) in [4.78, 5) is 36.7. The molecule has 1 heterocycles. The average Bonchev–Trinajstić information content (AvgIpc) is 2.52. The molecule has 1 atom stereocenters. The maximum Gasteiger partial charge on any atom is 0.303 e. The van der Waals surface area contributed by atoms with Crippen molar-refractivity contribution in [3.8, 4) is 0 Å². The molecule has 1 saturated heterocycles. The lowest BCUT2D eigenvalue weighted by Gasteiger charge is -2.35. The van der Waals surface area contributed by atoms with Gasteiger partial charge in [0.15, 0.2) is 5.78 Å². The van der Waals surface area contributed by atoms with Crippen molar-refractivity contribution in [2.75, 3.05) is 6.54 Å². The predicted molar refractivity (Wildman–Crippen MR) is 82.0 cm³/mol. The third-order valence-corrected chi connectivity index (χ3v) is 4.10. The van der Waals surface area contributed by atoms with Crippen LogP contribution in [0.5, 0.6) is 0 Å². The maximum absolute atomic E-state index is 12.7. The molecule has 0 saturated carbocycles. The Morgan fingerprint density at radius 1 is 1.23 bits per heavy atom. The number of likely N-dealkylation sites (tertiary alicyclic amines) is 1. The molecule has 118 valence electrons. The molecule has 0 aromatic heterocycles. The van der Waals surface area contributed by atoms with E-state index in [2.05, 4.69) is 0 Å². The van der Waals surface area contributed by atoms with E-state index in [-0.39, 0.29) is 24.2 Å². The van der Waals surface area contributed by atoms with Crippen molar-refractivity contribution >= 4 is 17.7 Å². The molecular weight excluding hydrogens is 282 g/mol. The first kappa shape index (κ1) is 16.2. The van der Waals surface area contributed by atoms with Gasteiger partial charge in [0.2, 0.25) is 0 Å². The van der Waals surface area contributed by atoms with Gasteiger partial charge in [0.05, 0.1) is 0 Å². The third-order valence-electron chi connectivity index (χ3n) is 4.10. The lowest BCUT2D eigenvalue weighted by Crippen LogP contribution is -2.44. The molecule has 1 aromatic rings. The van der Waals surface area contributed by atoms with Gasteiger partial charge in [-0.1, -0.05) is 12.1 Å². The van der Waals surface area contributed by atoms with Gasteiger partial charge in [0.25, 0.3) is 5.91 Å². The first-order chi connectivity index (χ1) is 10.5. The fourth-order valence-corrected chi connectivity index (χ4v) is 2.90. The highest BCUT2D eigenvalue weighted by Gasteiger charge is 2.27. The Hall–Kier alpha value is -2.17. The summed E-state index contributed by atoms with van der Waals surface area (Å²) < 4.78 is 0. The summed E-state index contributed by atoms with van der Waals surface area (Å²) in [7, 11) is 0. The Morgan fingerprint density at radius 2 is 1.95 bits per heavy atom. The molecule has 0 radical (unpaired) electrons. The van der Waals surface area contributed by atoms with Crippen LogP contribution in [0.25, 0.3) is 0 Å². The van der Waals surface area contributed by atoms with Crippen LogP contribution in [0.2, 0.25) is 0 Å². The molecule has 1 aliphatic rings. The number of hydrogen-bond acceptors (Lipinski definition) is 3. The summed E-state index contributed by atoms with van der Waals surface area (Å²) in [6.07, 6.45) is 3.34. The van der Waals surface area contributed by atoms with E-state index in [0.29, 0.717) is 24.1 Å². The number of nitrogens with zero attached hydrogens (tertiary/aromatic N) is 1. The molecule has 1 amide bonds. The van der Waals surface area contributed by atoms with E-state index in [4.69, 9.17) is 5.11 Å². The standard InChI is InChI=1S/C17H21NO4/c1-12(19)13-5-4-6-14(11-13)17(22)18-10-3-2-7-15(18)8-9-16(20)21/h4-6,11,15H,2-3,7-10H2,1H3,(H,20,21)/t15-/m1/s1. The van der Waals surface area contributed by atoms with Crippen LogP contribution in [0.1, 0.15) is 59.7 Å². The number of Topliss-reactive ketones (excluding diaryl/α,β-unsaturated/α-hetero) is 1. The summed E-state index contributed by atoms with van der Waals surface area (Å²) in [5.41, 5.74) is 1.01. The van der Waals surface area contributed by atoms with E-state index in [0.717, 1.165) is 19.3 Å². The highest BCUT2D eigenvalue weighted by Crippen LogP contribution is 2.23. The molecule has 22 heavy (non-hydrogen) atoms. The van der Waals surface area contributed by atoms with Gasteiger partial charge >= 0.3 is 5.97 Å². The van der Waals surface area contributed by atoms with Crippen LogP contribution in [0.4, 0.5) is 0 Å². The minimum atomic E-state index is -0.837. The lowest BCUT2D eigenvalue weighted by molar-refractivity contribution is -0.137. The van der Waals surface area contributed by atoms with Crippen LogP contribution in [0, 0.1) is 0 Å². The van der Waals surface area contributed by atoms with Crippen molar-refractivity contribution in [3.05, 3.63) is 35.4 Å². The minimum Gasteiger partial charge on any atom is -0.481 e. The van der Waals surface area contributed by atoms with Gasteiger partial charge in [-0.15, -0.1) is 0 Å². The quantitative estimate of drug-likeness (QED) is 0.849. The normalized spacial score (nSPS) is 18.0. The summed E-state index contributed by atoms with van der Waals surface area (Å²) in [6.45, 7) is 2.12. The van der Waals surface area contributed by atoms with Gasteiger partial charge in [-0.05, 0) is 44.7 Å². The zero-order chi connectivity index (χ0) is 16.1. The Kier molecular flexibility index (Phi) is 5.31. The summed E-state index contributed by atoms with van der Waals surface area (Å²) in [5.74, 6) is -1.02. The molecule has 1 N–H and O–H groups in total. The van der Waals surface area contributed by atoms with Crippen LogP contribution in [-0.2, 0) is 4.79 Å². The van der Waals surface area contributed by atoms with Crippen molar-refractivity contribution < 1.29 is 19.5 Å². The number of carbonyl (C=O) groups is 3. The van der Waals surface area contributed by atoms with Gasteiger partial charge in [0, 0.05) is 30.1 Å². The number of piperidine rings is 1. The van der Waals surface area contributed by atoms with Crippen molar-refractivity contribution in [2.45, 2.75) is 45.1 Å². The number of carbonyl (C=O) groups excluding carboxylic acids is 2. The largest absolute Gasteiger partial charge is 0.481 e. The minimum absolute atomic E-state index is 0.0293. The average molecular weight is 303 g/mol. The molecule has 0 bridgehead atoms. The predicted octanol–water partition coefficient (Wildman–Crippen LogP) is 2.75. The SMILES string of the molecule is CC(=O)c1cccc(C(=O)N2CCCC[C@@H]2CCC(=O)O)c1.